The van der Waals surface area contributed by atoms with Crippen molar-refractivity contribution in [2.45, 2.75) is 107 Å². The molecule has 10 atom stereocenters. The number of phenols is 2. The van der Waals surface area contributed by atoms with E-state index >= 15 is 0 Å². The molecule has 3 saturated heterocycles. The third-order valence-corrected chi connectivity index (χ3v) is 9.30. The fourth-order valence-corrected chi connectivity index (χ4v) is 7.31. The van der Waals surface area contributed by atoms with Crippen molar-refractivity contribution in [3.05, 3.63) is 33.4 Å². The molecule has 0 spiro atoms. The predicted octanol–water partition coefficient (Wildman–Crippen LogP) is 1.20. The van der Waals surface area contributed by atoms with Crippen LogP contribution >= 0.6 is 0 Å². The summed E-state index contributed by atoms with van der Waals surface area (Å²) in [6, 6.07) is 0. The Balaban J connectivity index is 1.35. The number of fused-ring (bicyclic) bond motifs is 5. The molecule has 1 aromatic carbocycles. The lowest BCUT2D eigenvalue weighted by Gasteiger charge is -2.54. The Bertz CT molecular complexity index is 1400. The van der Waals surface area contributed by atoms with Crippen molar-refractivity contribution in [3.8, 4) is 11.5 Å². The fraction of sp³-hybridized carbons (Fsp3) is 0.607. The highest BCUT2D eigenvalue weighted by Gasteiger charge is 2.62. The average Bonchev–Trinajstić information content (AvgIpc) is 3.26. The van der Waals surface area contributed by atoms with Gasteiger partial charge in [-0.1, -0.05) is 0 Å². The number of esters is 1. The zero-order chi connectivity index (χ0) is 28.4. The van der Waals surface area contributed by atoms with E-state index in [0.717, 1.165) is 0 Å². The number of rotatable bonds is 2. The summed E-state index contributed by atoms with van der Waals surface area (Å²) in [4.78, 5) is 39.8. The Hall–Kier alpha value is -2.87. The Morgan fingerprint density at radius 2 is 1.62 bits per heavy atom. The van der Waals surface area contributed by atoms with Crippen LogP contribution in [0.15, 0.2) is 11.1 Å². The normalized spacial score (nSPS) is 41.8. The number of ether oxygens (including phenoxy) is 5. The van der Waals surface area contributed by atoms with Crippen molar-refractivity contribution in [1.29, 1.82) is 0 Å². The molecule has 0 saturated carbocycles. The van der Waals surface area contributed by atoms with Crippen molar-refractivity contribution in [1.82, 2.24) is 0 Å². The lowest BCUT2D eigenvalue weighted by Crippen LogP contribution is -2.60. The summed E-state index contributed by atoms with van der Waals surface area (Å²) >= 11 is 0. The van der Waals surface area contributed by atoms with Gasteiger partial charge in [0.25, 0.3) is 0 Å². The van der Waals surface area contributed by atoms with Gasteiger partial charge in [0.2, 0.25) is 0 Å². The Labute approximate surface area is 228 Å². The zero-order valence-corrected chi connectivity index (χ0v) is 22.1. The van der Waals surface area contributed by atoms with Gasteiger partial charge in [-0.15, -0.1) is 0 Å². The number of Topliss-reactive ketones (excluding diaryl/α,β-unsaturated/α-hetero) is 2. The van der Waals surface area contributed by atoms with E-state index in [1.54, 1.807) is 20.8 Å². The molecule has 8 rings (SSSR count). The van der Waals surface area contributed by atoms with Crippen LogP contribution in [0.5, 0.6) is 11.5 Å². The lowest BCUT2D eigenvalue weighted by atomic mass is 9.66. The molecule has 3 fully saturated rings. The van der Waals surface area contributed by atoms with Gasteiger partial charge in [-0.3, -0.25) is 14.4 Å². The van der Waals surface area contributed by atoms with Gasteiger partial charge in [0.1, 0.15) is 23.2 Å². The van der Waals surface area contributed by atoms with Gasteiger partial charge in [-0.05, 0) is 27.2 Å². The maximum Gasteiger partial charge on any atom is 0.309 e. The first-order valence-corrected chi connectivity index (χ1v) is 13.6. The van der Waals surface area contributed by atoms with Crippen molar-refractivity contribution in [2.75, 3.05) is 0 Å². The number of ketones is 2. The van der Waals surface area contributed by atoms with E-state index in [-0.39, 0.29) is 35.1 Å². The molecule has 4 N–H and O–H groups in total. The topological polar surface area (TPSA) is 178 Å². The summed E-state index contributed by atoms with van der Waals surface area (Å²) in [5.41, 5.74) is -3.13. The number of aromatic hydroxyl groups is 2. The molecule has 12 nitrogen and oxygen atoms in total. The van der Waals surface area contributed by atoms with Gasteiger partial charge in [0.05, 0.1) is 59.7 Å². The first-order chi connectivity index (χ1) is 18.9. The van der Waals surface area contributed by atoms with Gasteiger partial charge >= 0.3 is 5.97 Å². The Morgan fingerprint density at radius 1 is 0.925 bits per heavy atom. The van der Waals surface area contributed by atoms with Crippen LogP contribution < -0.4 is 0 Å². The number of aliphatic hydroxyl groups excluding tert-OH is 1. The number of hydrogen-bond donors (Lipinski definition) is 4. The largest absolute Gasteiger partial charge is 0.507 e. The van der Waals surface area contributed by atoms with E-state index < -0.39 is 101 Å². The van der Waals surface area contributed by atoms with E-state index in [0.29, 0.717) is 12.8 Å². The molecule has 7 aliphatic rings. The van der Waals surface area contributed by atoms with Gasteiger partial charge < -0.3 is 44.1 Å². The highest BCUT2D eigenvalue weighted by Crippen LogP contribution is 2.60. The molecule has 40 heavy (non-hydrogen) atoms. The third-order valence-electron chi connectivity index (χ3n) is 9.30. The molecule has 0 radical (unpaired) electrons. The predicted molar refractivity (Wildman–Crippen MR) is 131 cm³/mol. The van der Waals surface area contributed by atoms with Gasteiger partial charge in [0.15, 0.2) is 24.0 Å². The summed E-state index contributed by atoms with van der Waals surface area (Å²) in [6.45, 7) is 4.88. The minimum atomic E-state index is -2.01. The molecule has 0 amide bonds. The maximum atomic E-state index is 13.9. The highest BCUT2D eigenvalue weighted by atomic mass is 16.7. The zero-order valence-electron chi connectivity index (χ0n) is 22.1. The minimum absolute atomic E-state index is 0.00956. The van der Waals surface area contributed by atoms with Crippen LogP contribution in [0.25, 0.3) is 0 Å². The van der Waals surface area contributed by atoms with Crippen LogP contribution in [0.3, 0.4) is 0 Å². The van der Waals surface area contributed by atoms with E-state index in [2.05, 4.69) is 0 Å². The molecule has 5 heterocycles. The third kappa shape index (κ3) is 3.25. The first-order valence-electron chi connectivity index (χ1n) is 13.6. The summed E-state index contributed by atoms with van der Waals surface area (Å²) in [7, 11) is 0. The number of hydrogen-bond acceptors (Lipinski definition) is 12. The highest BCUT2D eigenvalue weighted by molar-refractivity contribution is 6.30. The standard InChI is InChI=1S/C28H30O12/c1-8-11(29)4-5-16(37-8)39-14-6-12-18-22(28(14,35)10(3)38-12)26(34)20-19(24(18)32)25(33)21-17(23(20)31)9(2)36-13-7-15(30)40-27(13)21/h8-14,16,27,29,32,34-35H,4-7H2,1-3H3/t8-,9-,10?,11-,12?,13-,14?,16-,27+,28?/m0/s1. The van der Waals surface area contributed by atoms with E-state index in [1.807, 2.05) is 0 Å². The number of benzene rings is 1. The molecule has 0 aromatic heterocycles. The van der Waals surface area contributed by atoms with Crippen LogP contribution in [0, 0.1) is 0 Å². The van der Waals surface area contributed by atoms with Crippen molar-refractivity contribution in [3.63, 3.8) is 0 Å². The minimum Gasteiger partial charge on any atom is -0.507 e. The molecule has 1 aromatic rings. The second-order valence-corrected chi connectivity index (χ2v) is 11.5. The summed E-state index contributed by atoms with van der Waals surface area (Å²) in [5, 5.41) is 45.3. The van der Waals surface area contributed by atoms with Crippen LogP contribution in [0.1, 0.15) is 84.4 Å². The number of carbonyl (C=O) groups is 3. The van der Waals surface area contributed by atoms with Crippen LogP contribution in [0.2, 0.25) is 0 Å². The van der Waals surface area contributed by atoms with Crippen LogP contribution in [-0.2, 0) is 34.1 Å². The molecule has 12 heteroatoms. The monoisotopic (exact) mass is 558 g/mol. The molecule has 4 unspecified atom stereocenters. The molecule has 5 aliphatic heterocycles. The smallest absolute Gasteiger partial charge is 0.309 e. The van der Waals surface area contributed by atoms with Gasteiger partial charge in [-0.2, -0.15) is 0 Å². The average molecular weight is 559 g/mol. The van der Waals surface area contributed by atoms with Crippen LogP contribution in [0.4, 0.5) is 0 Å². The second kappa shape index (κ2) is 8.57. The maximum absolute atomic E-state index is 13.9. The molecule has 214 valence electrons. The number of phenolic OH excluding ortho intramolecular Hbond substituents is 2. The van der Waals surface area contributed by atoms with Gasteiger partial charge in [0, 0.05) is 29.5 Å². The molecule has 2 aliphatic carbocycles. The molecular weight excluding hydrogens is 528 g/mol. The van der Waals surface area contributed by atoms with E-state index in [4.69, 9.17) is 23.7 Å². The van der Waals surface area contributed by atoms with Crippen molar-refractivity contribution in [2.24, 2.45) is 0 Å². The van der Waals surface area contributed by atoms with E-state index in [9.17, 15) is 34.8 Å². The SMILES string of the molecule is CC1OC2CC(O[C@H]3CC[C@H](O)[C@H](C)O3)C1(O)c1c(O)c3c(c(O)c12)C(=O)C1=C(C3=O)[C@H](C)O[C@H]2CC(=O)O[C@@H]12. The van der Waals surface area contributed by atoms with Gasteiger partial charge in [-0.25, -0.2) is 0 Å². The summed E-state index contributed by atoms with van der Waals surface area (Å²) in [6.07, 6.45) is -6.55. The van der Waals surface area contributed by atoms with Crippen molar-refractivity contribution < 1.29 is 58.5 Å². The first kappa shape index (κ1) is 26.1. The lowest BCUT2D eigenvalue weighted by molar-refractivity contribution is -0.311. The van der Waals surface area contributed by atoms with E-state index in [1.165, 1.54) is 0 Å². The summed E-state index contributed by atoms with van der Waals surface area (Å²) < 4.78 is 29.1. The number of carbonyl (C=O) groups excluding carboxylic acids is 3. The fourth-order valence-electron chi connectivity index (χ4n) is 7.31. The molecular formula is C28H30O12. The Kier molecular flexibility index (Phi) is 5.58. The Morgan fingerprint density at radius 3 is 2.35 bits per heavy atom. The number of aliphatic hydroxyl groups is 2. The van der Waals surface area contributed by atoms with Crippen molar-refractivity contribution >= 4 is 17.5 Å². The van der Waals surface area contributed by atoms with Crippen LogP contribution in [-0.4, -0.2) is 87.0 Å². The molecule has 2 bridgehead atoms. The summed E-state index contributed by atoms with van der Waals surface area (Å²) in [5.74, 6) is -3.30. The quantitative estimate of drug-likeness (QED) is 0.302. The second-order valence-electron chi connectivity index (χ2n) is 11.5.